The van der Waals surface area contributed by atoms with Crippen molar-refractivity contribution >= 4 is 11.8 Å². The Kier molecular flexibility index (Phi) is 7.11. The number of methoxy groups -OCH3 is 2. The summed E-state index contributed by atoms with van der Waals surface area (Å²) in [6.45, 7) is 0.790. The number of carbonyl (C=O) groups is 2. The molecule has 0 spiro atoms. The topological polar surface area (TPSA) is 67.9 Å². The first-order valence-corrected chi connectivity index (χ1v) is 11.1. The summed E-state index contributed by atoms with van der Waals surface area (Å²) in [4.78, 5) is 28.0. The lowest BCUT2D eigenvalue weighted by atomic mass is 9.87. The molecule has 4 rings (SSSR count). The largest absolute Gasteiger partial charge is 0.497 e. The van der Waals surface area contributed by atoms with Crippen LogP contribution in [0.25, 0.3) is 0 Å². The molecule has 0 saturated carbocycles. The second kappa shape index (κ2) is 10.4. The highest BCUT2D eigenvalue weighted by Crippen LogP contribution is 2.40. The maximum absolute atomic E-state index is 14.3. The molecule has 34 heavy (non-hydrogen) atoms. The Labute approximate surface area is 198 Å². The van der Waals surface area contributed by atoms with Gasteiger partial charge in [-0.2, -0.15) is 0 Å². The number of carbonyl (C=O) groups excluding carboxylic acids is 2. The van der Waals surface area contributed by atoms with Gasteiger partial charge in [-0.1, -0.05) is 42.5 Å². The van der Waals surface area contributed by atoms with Crippen LogP contribution in [0.4, 0.5) is 4.39 Å². The molecular weight excluding hydrogens is 435 g/mol. The standard InChI is InChI=1S/C27H27FN2O4/c1-33-19-12-13-25(34-2)21(14-19)22-16-30(27(32)20-10-6-7-11-24(20)28)17-23(22)26(31)29-15-18-8-4-3-5-9-18/h3-14,22-23H,15-17H2,1-2H3,(H,29,31)/t22-,23+/m0/s1. The van der Waals surface area contributed by atoms with Crippen molar-refractivity contribution in [3.8, 4) is 11.5 Å². The quantitative estimate of drug-likeness (QED) is 0.576. The van der Waals surface area contributed by atoms with E-state index in [0.717, 1.165) is 11.1 Å². The minimum atomic E-state index is -0.583. The normalized spacial score (nSPS) is 17.3. The van der Waals surface area contributed by atoms with Gasteiger partial charge in [0.1, 0.15) is 17.3 Å². The Morgan fingerprint density at radius 2 is 1.71 bits per heavy atom. The average Bonchev–Trinajstić information content (AvgIpc) is 3.33. The first kappa shape index (κ1) is 23.3. The number of halogens is 1. The molecule has 176 valence electrons. The van der Waals surface area contributed by atoms with Crippen LogP contribution in [0.3, 0.4) is 0 Å². The van der Waals surface area contributed by atoms with Crippen molar-refractivity contribution in [1.82, 2.24) is 10.2 Å². The van der Waals surface area contributed by atoms with Gasteiger partial charge >= 0.3 is 0 Å². The van der Waals surface area contributed by atoms with Crippen LogP contribution in [0.1, 0.15) is 27.4 Å². The number of hydrogen-bond acceptors (Lipinski definition) is 4. The number of nitrogens with one attached hydrogen (secondary N) is 1. The molecule has 0 bridgehead atoms. The van der Waals surface area contributed by atoms with Crippen LogP contribution in [-0.4, -0.2) is 44.0 Å². The van der Waals surface area contributed by atoms with Gasteiger partial charge in [0.05, 0.1) is 25.7 Å². The maximum atomic E-state index is 14.3. The molecule has 0 aliphatic carbocycles. The van der Waals surface area contributed by atoms with Crippen LogP contribution < -0.4 is 14.8 Å². The molecule has 0 unspecified atom stereocenters. The first-order chi connectivity index (χ1) is 16.5. The molecule has 3 aromatic carbocycles. The van der Waals surface area contributed by atoms with E-state index in [-0.39, 0.29) is 30.5 Å². The second-order valence-corrected chi connectivity index (χ2v) is 8.21. The van der Waals surface area contributed by atoms with E-state index in [1.807, 2.05) is 36.4 Å². The van der Waals surface area contributed by atoms with E-state index in [1.165, 1.54) is 17.0 Å². The summed E-state index contributed by atoms with van der Waals surface area (Å²) in [5, 5.41) is 2.99. The Hall–Kier alpha value is -3.87. The summed E-state index contributed by atoms with van der Waals surface area (Å²) in [5.41, 5.74) is 1.73. The van der Waals surface area contributed by atoms with Crippen molar-refractivity contribution < 1.29 is 23.5 Å². The van der Waals surface area contributed by atoms with E-state index in [1.54, 1.807) is 38.5 Å². The van der Waals surface area contributed by atoms with Gasteiger partial charge in [0.15, 0.2) is 0 Å². The molecule has 3 aromatic rings. The number of benzene rings is 3. The highest BCUT2D eigenvalue weighted by molar-refractivity contribution is 5.95. The fraction of sp³-hybridized carbons (Fsp3) is 0.259. The zero-order valence-corrected chi connectivity index (χ0v) is 19.2. The lowest BCUT2D eigenvalue weighted by Crippen LogP contribution is -2.35. The number of ether oxygens (including phenoxy) is 2. The van der Waals surface area contributed by atoms with Crippen molar-refractivity contribution in [2.45, 2.75) is 12.5 Å². The van der Waals surface area contributed by atoms with E-state index in [9.17, 15) is 14.0 Å². The summed E-state index contributed by atoms with van der Waals surface area (Å²) >= 11 is 0. The summed E-state index contributed by atoms with van der Waals surface area (Å²) < 4.78 is 25.3. The van der Waals surface area contributed by atoms with E-state index in [0.29, 0.717) is 18.0 Å². The molecule has 0 aromatic heterocycles. The van der Waals surface area contributed by atoms with Crippen LogP contribution >= 0.6 is 0 Å². The van der Waals surface area contributed by atoms with Crippen LogP contribution in [0, 0.1) is 11.7 Å². The summed E-state index contributed by atoms with van der Waals surface area (Å²) in [6.07, 6.45) is 0. The molecule has 1 fully saturated rings. The Morgan fingerprint density at radius 1 is 0.971 bits per heavy atom. The van der Waals surface area contributed by atoms with Gasteiger partial charge in [-0.25, -0.2) is 4.39 Å². The van der Waals surface area contributed by atoms with Crippen LogP contribution in [0.2, 0.25) is 0 Å². The number of hydrogen-bond donors (Lipinski definition) is 1. The Bertz CT molecular complexity index is 1170. The summed E-state index contributed by atoms with van der Waals surface area (Å²) in [5.74, 6) is -0.868. The number of nitrogens with zero attached hydrogens (tertiary/aromatic N) is 1. The monoisotopic (exact) mass is 462 g/mol. The third-order valence-corrected chi connectivity index (χ3v) is 6.19. The highest BCUT2D eigenvalue weighted by atomic mass is 19.1. The average molecular weight is 463 g/mol. The molecule has 2 atom stereocenters. The first-order valence-electron chi connectivity index (χ1n) is 11.1. The van der Waals surface area contributed by atoms with Gasteiger partial charge in [-0.3, -0.25) is 9.59 Å². The van der Waals surface area contributed by atoms with Crippen LogP contribution in [0.15, 0.2) is 72.8 Å². The molecule has 7 heteroatoms. The fourth-order valence-electron chi connectivity index (χ4n) is 4.40. The lowest BCUT2D eigenvalue weighted by Gasteiger charge is -2.21. The fourth-order valence-corrected chi connectivity index (χ4v) is 4.40. The molecule has 1 aliphatic rings. The molecule has 0 radical (unpaired) electrons. The van der Waals surface area contributed by atoms with E-state index in [2.05, 4.69) is 5.32 Å². The van der Waals surface area contributed by atoms with Crippen molar-refractivity contribution in [1.29, 1.82) is 0 Å². The van der Waals surface area contributed by atoms with Crippen LogP contribution in [0.5, 0.6) is 11.5 Å². The number of amides is 2. The number of likely N-dealkylation sites (tertiary alicyclic amines) is 1. The van der Waals surface area contributed by atoms with Gasteiger partial charge in [0, 0.05) is 31.1 Å². The predicted molar refractivity (Wildman–Crippen MR) is 126 cm³/mol. The smallest absolute Gasteiger partial charge is 0.256 e. The number of rotatable bonds is 7. The van der Waals surface area contributed by atoms with Crippen molar-refractivity contribution in [2.75, 3.05) is 27.3 Å². The Morgan fingerprint density at radius 3 is 2.41 bits per heavy atom. The van der Waals surface area contributed by atoms with Crippen molar-refractivity contribution in [3.05, 3.63) is 95.3 Å². The third-order valence-electron chi connectivity index (χ3n) is 6.19. The minimum Gasteiger partial charge on any atom is -0.497 e. The second-order valence-electron chi connectivity index (χ2n) is 8.21. The lowest BCUT2D eigenvalue weighted by molar-refractivity contribution is -0.125. The van der Waals surface area contributed by atoms with E-state index < -0.39 is 17.6 Å². The minimum absolute atomic E-state index is 0.01000. The summed E-state index contributed by atoms with van der Waals surface area (Å²) in [7, 11) is 3.13. The van der Waals surface area contributed by atoms with Gasteiger partial charge in [0.25, 0.3) is 5.91 Å². The van der Waals surface area contributed by atoms with Crippen LogP contribution in [-0.2, 0) is 11.3 Å². The predicted octanol–water partition coefficient (Wildman–Crippen LogP) is 4.02. The van der Waals surface area contributed by atoms with Gasteiger partial charge in [-0.15, -0.1) is 0 Å². The highest BCUT2D eigenvalue weighted by Gasteiger charge is 2.42. The molecule has 1 heterocycles. The van der Waals surface area contributed by atoms with Gasteiger partial charge in [0.2, 0.25) is 5.91 Å². The molecule has 1 saturated heterocycles. The SMILES string of the molecule is COc1ccc(OC)c([C@@H]2CN(C(=O)c3ccccc3F)C[C@H]2C(=O)NCc2ccccc2)c1. The Balaban J connectivity index is 1.64. The molecule has 1 aliphatic heterocycles. The zero-order valence-electron chi connectivity index (χ0n) is 19.2. The van der Waals surface area contributed by atoms with Crippen molar-refractivity contribution in [3.63, 3.8) is 0 Å². The third kappa shape index (κ3) is 4.88. The van der Waals surface area contributed by atoms with E-state index >= 15 is 0 Å². The zero-order chi connectivity index (χ0) is 24.1. The molecule has 2 amide bonds. The molecule has 6 nitrogen and oxygen atoms in total. The molecule has 1 N–H and O–H groups in total. The summed E-state index contributed by atoms with van der Waals surface area (Å²) in [6, 6.07) is 20.9. The van der Waals surface area contributed by atoms with Crippen molar-refractivity contribution in [2.24, 2.45) is 5.92 Å². The van der Waals surface area contributed by atoms with E-state index in [4.69, 9.17) is 9.47 Å². The maximum Gasteiger partial charge on any atom is 0.256 e. The molecular formula is C27H27FN2O4. The van der Waals surface area contributed by atoms with Gasteiger partial charge in [-0.05, 0) is 35.9 Å². The van der Waals surface area contributed by atoms with Gasteiger partial charge < -0.3 is 19.7 Å².